The molecular formula is C19H22Cl2FN5O2. The van der Waals surface area contributed by atoms with E-state index in [0.717, 1.165) is 38.1 Å². The number of nitrogens with two attached hydrogens (primary N) is 1. The zero-order chi connectivity index (χ0) is 18.8. The Morgan fingerprint density at radius 3 is 2.79 bits per heavy atom. The number of hydrogen-bond acceptors (Lipinski definition) is 5. The smallest absolute Gasteiger partial charge is 0.259 e. The molecule has 2 aromatic heterocycles. The van der Waals surface area contributed by atoms with Crippen molar-refractivity contribution in [2.75, 3.05) is 5.32 Å². The average Bonchev–Trinajstić information content (AvgIpc) is 3.25. The zero-order valence-corrected chi connectivity index (χ0v) is 17.2. The number of benzene rings is 1. The molecule has 4 rings (SSSR count). The third-order valence-corrected chi connectivity index (χ3v) is 4.70. The summed E-state index contributed by atoms with van der Waals surface area (Å²) in [5.74, 6) is 1.14. The molecule has 0 saturated heterocycles. The predicted octanol–water partition coefficient (Wildman–Crippen LogP) is 3.96. The molecule has 0 fully saturated rings. The van der Waals surface area contributed by atoms with Crippen LogP contribution in [0.1, 0.15) is 41.2 Å². The Morgan fingerprint density at radius 1 is 1.21 bits per heavy atom. The van der Waals surface area contributed by atoms with Crippen molar-refractivity contribution in [3.05, 3.63) is 53.5 Å². The minimum Gasteiger partial charge on any atom is -0.467 e. The molecule has 7 nitrogen and oxygen atoms in total. The number of anilines is 1. The lowest BCUT2D eigenvalue weighted by Gasteiger charge is -2.10. The maximum atomic E-state index is 14.3. The first-order valence-corrected chi connectivity index (χ1v) is 8.96. The number of nitrogens with one attached hydrogen (secondary N) is 1. The summed E-state index contributed by atoms with van der Waals surface area (Å²) in [7, 11) is 0. The summed E-state index contributed by atoms with van der Waals surface area (Å²) in [4.78, 5) is 12.4. The maximum absolute atomic E-state index is 14.3. The predicted molar refractivity (Wildman–Crippen MR) is 112 cm³/mol. The SMILES string of the molecule is Cl.Cl.NCc1cc(C(=O)Nc2cc(-c3nnc4n3CCCCC4)ccc2F)co1. The molecule has 1 amide bonds. The summed E-state index contributed by atoms with van der Waals surface area (Å²) in [5.41, 5.74) is 6.56. The third kappa shape index (κ3) is 4.77. The van der Waals surface area contributed by atoms with Crippen molar-refractivity contribution in [2.24, 2.45) is 5.73 Å². The second kappa shape index (κ2) is 9.87. The molecule has 0 saturated carbocycles. The number of nitrogens with zero attached hydrogens (tertiary/aromatic N) is 3. The van der Waals surface area contributed by atoms with Gasteiger partial charge in [0.15, 0.2) is 5.82 Å². The highest BCUT2D eigenvalue weighted by molar-refractivity contribution is 6.04. The lowest BCUT2D eigenvalue weighted by atomic mass is 10.1. The van der Waals surface area contributed by atoms with E-state index in [0.29, 0.717) is 17.1 Å². The number of fused-ring (bicyclic) bond motifs is 1. The largest absolute Gasteiger partial charge is 0.467 e. The highest BCUT2D eigenvalue weighted by Gasteiger charge is 2.18. The molecule has 3 heterocycles. The van der Waals surface area contributed by atoms with Gasteiger partial charge in [0.1, 0.15) is 23.7 Å². The second-order valence-electron chi connectivity index (χ2n) is 6.56. The summed E-state index contributed by atoms with van der Waals surface area (Å²) in [6.07, 6.45) is 5.51. The minimum atomic E-state index is -0.523. The molecule has 156 valence electrons. The van der Waals surface area contributed by atoms with E-state index >= 15 is 0 Å². The molecule has 0 radical (unpaired) electrons. The lowest BCUT2D eigenvalue weighted by molar-refractivity contribution is 0.102. The molecule has 29 heavy (non-hydrogen) atoms. The van der Waals surface area contributed by atoms with Gasteiger partial charge in [0, 0.05) is 18.5 Å². The van der Waals surface area contributed by atoms with Crippen LogP contribution in [0.4, 0.5) is 10.1 Å². The minimum absolute atomic E-state index is 0. The van der Waals surface area contributed by atoms with Gasteiger partial charge >= 0.3 is 0 Å². The lowest BCUT2D eigenvalue weighted by Crippen LogP contribution is -2.12. The average molecular weight is 442 g/mol. The molecule has 1 aliphatic rings. The molecule has 0 aliphatic carbocycles. The van der Waals surface area contributed by atoms with Crippen molar-refractivity contribution >= 4 is 36.4 Å². The van der Waals surface area contributed by atoms with E-state index in [-0.39, 0.29) is 42.6 Å². The Labute approximate surface area is 179 Å². The van der Waals surface area contributed by atoms with Crippen molar-refractivity contribution in [2.45, 2.75) is 38.8 Å². The number of halogens is 3. The van der Waals surface area contributed by atoms with E-state index in [1.54, 1.807) is 12.1 Å². The van der Waals surface area contributed by atoms with Crippen LogP contribution in [0.3, 0.4) is 0 Å². The number of aryl methyl sites for hydroxylation is 1. The van der Waals surface area contributed by atoms with Gasteiger partial charge in [-0.2, -0.15) is 0 Å². The Hall–Kier alpha value is -2.42. The Bertz CT molecular complexity index is 989. The quantitative estimate of drug-likeness (QED) is 0.638. The molecule has 0 unspecified atom stereocenters. The van der Waals surface area contributed by atoms with Crippen LogP contribution >= 0.6 is 24.8 Å². The fraction of sp³-hybridized carbons (Fsp3) is 0.316. The van der Waals surface area contributed by atoms with Crippen LogP contribution in [0.2, 0.25) is 0 Å². The molecule has 1 aliphatic heterocycles. The number of carbonyl (C=O) groups excluding carboxylic acids is 1. The Kier molecular flexibility index (Phi) is 7.78. The maximum Gasteiger partial charge on any atom is 0.259 e. The molecule has 3 aromatic rings. The van der Waals surface area contributed by atoms with E-state index in [1.807, 2.05) is 0 Å². The van der Waals surface area contributed by atoms with Crippen molar-refractivity contribution in [1.29, 1.82) is 0 Å². The molecule has 3 N–H and O–H groups in total. The van der Waals surface area contributed by atoms with E-state index < -0.39 is 11.7 Å². The normalized spacial score (nSPS) is 12.9. The van der Waals surface area contributed by atoms with Gasteiger partial charge in [-0.15, -0.1) is 35.0 Å². The number of aromatic nitrogens is 3. The van der Waals surface area contributed by atoms with Crippen LogP contribution in [0.25, 0.3) is 11.4 Å². The summed E-state index contributed by atoms with van der Waals surface area (Å²) < 4.78 is 21.5. The van der Waals surface area contributed by atoms with Gasteiger partial charge < -0.3 is 20.0 Å². The van der Waals surface area contributed by atoms with Crippen LogP contribution in [0.15, 0.2) is 34.9 Å². The number of hydrogen-bond donors (Lipinski definition) is 2. The molecular weight excluding hydrogens is 420 g/mol. The van der Waals surface area contributed by atoms with E-state index in [4.69, 9.17) is 10.2 Å². The molecule has 0 spiro atoms. The van der Waals surface area contributed by atoms with E-state index in [9.17, 15) is 9.18 Å². The van der Waals surface area contributed by atoms with E-state index in [1.165, 1.54) is 18.4 Å². The van der Waals surface area contributed by atoms with Crippen LogP contribution in [-0.2, 0) is 19.5 Å². The number of rotatable bonds is 4. The Balaban J connectivity index is 0.00000150. The van der Waals surface area contributed by atoms with Gasteiger partial charge in [0.25, 0.3) is 5.91 Å². The van der Waals surface area contributed by atoms with Crippen LogP contribution in [0.5, 0.6) is 0 Å². The van der Waals surface area contributed by atoms with Crippen LogP contribution in [-0.4, -0.2) is 20.7 Å². The standard InChI is InChI=1S/C19H20FN5O2.2ClH/c20-15-6-5-12(18-24-23-17-4-2-1-3-7-25(17)18)9-16(15)22-19(26)13-8-14(10-21)27-11-13;;/h5-6,8-9,11H,1-4,7,10,21H2,(H,22,26);2*1H. The first kappa shape index (κ1) is 22.9. The number of amides is 1. The van der Waals surface area contributed by atoms with Gasteiger partial charge in [-0.25, -0.2) is 4.39 Å². The first-order valence-electron chi connectivity index (χ1n) is 8.96. The van der Waals surface area contributed by atoms with Gasteiger partial charge in [0.2, 0.25) is 0 Å². The molecule has 10 heteroatoms. The molecule has 0 atom stereocenters. The van der Waals surface area contributed by atoms with Gasteiger partial charge in [-0.1, -0.05) is 6.42 Å². The fourth-order valence-electron chi connectivity index (χ4n) is 3.26. The van der Waals surface area contributed by atoms with Crippen molar-refractivity contribution in [3.63, 3.8) is 0 Å². The van der Waals surface area contributed by atoms with Gasteiger partial charge in [-0.3, -0.25) is 4.79 Å². The van der Waals surface area contributed by atoms with Crippen molar-refractivity contribution < 1.29 is 13.6 Å². The Morgan fingerprint density at radius 2 is 2.03 bits per heavy atom. The molecule has 1 aromatic carbocycles. The third-order valence-electron chi connectivity index (χ3n) is 4.70. The number of carbonyl (C=O) groups is 1. The zero-order valence-electron chi connectivity index (χ0n) is 15.6. The van der Waals surface area contributed by atoms with Crippen LogP contribution < -0.4 is 11.1 Å². The topological polar surface area (TPSA) is 99.0 Å². The fourth-order valence-corrected chi connectivity index (χ4v) is 3.26. The van der Waals surface area contributed by atoms with Crippen LogP contribution in [0, 0.1) is 5.82 Å². The molecule has 0 bridgehead atoms. The highest BCUT2D eigenvalue weighted by Crippen LogP contribution is 2.27. The summed E-state index contributed by atoms with van der Waals surface area (Å²) in [5, 5.41) is 11.1. The summed E-state index contributed by atoms with van der Waals surface area (Å²) in [6.45, 7) is 1.03. The summed E-state index contributed by atoms with van der Waals surface area (Å²) >= 11 is 0. The highest BCUT2D eigenvalue weighted by atomic mass is 35.5. The monoisotopic (exact) mass is 441 g/mol. The van der Waals surface area contributed by atoms with Crippen molar-refractivity contribution in [3.8, 4) is 11.4 Å². The van der Waals surface area contributed by atoms with Gasteiger partial charge in [0.05, 0.1) is 17.8 Å². The second-order valence-corrected chi connectivity index (χ2v) is 6.56. The first-order chi connectivity index (χ1) is 13.2. The van der Waals surface area contributed by atoms with Gasteiger partial charge in [-0.05, 0) is 37.1 Å². The van der Waals surface area contributed by atoms with E-state index in [2.05, 4.69) is 20.1 Å². The number of furan rings is 1. The summed E-state index contributed by atoms with van der Waals surface area (Å²) in [6, 6.07) is 6.09. The van der Waals surface area contributed by atoms with Crippen molar-refractivity contribution in [1.82, 2.24) is 14.8 Å².